The summed E-state index contributed by atoms with van der Waals surface area (Å²) in [6.45, 7) is 5.23. The lowest BCUT2D eigenvalue weighted by Crippen LogP contribution is -2.22. The third-order valence-corrected chi connectivity index (χ3v) is 3.55. The molecule has 19 heavy (non-hydrogen) atoms. The van der Waals surface area contributed by atoms with Crippen LogP contribution >= 0.6 is 11.8 Å². The van der Waals surface area contributed by atoms with Crippen LogP contribution in [0.25, 0.3) is 0 Å². The number of ether oxygens (including phenoxy) is 1. The Morgan fingerprint density at radius 2 is 2.05 bits per heavy atom. The second-order valence-electron chi connectivity index (χ2n) is 4.14. The summed E-state index contributed by atoms with van der Waals surface area (Å²) < 4.78 is 31.4. The first-order chi connectivity index (χ1) is 9.24. The molecule has 0 amide bonds. The van der Waals surface area contributed by atoms with E-state index in [0.717, 1.165) is 44.4 Å². The lowest BCUT2D eigenvalue weighted by atomic mass is 10.3. The van der Waals surface area contributed by atoms with E-state index >= 15 is 0 Å². The third kappa shape index (κ3) is 7.50. The monoisotopic (exact) mass is 289 g/mol. The van der Waals surface area contributed by atoms with Crippen molar-refractivity contribution in [3.05, 3.63) is 29.8 Å². The number of halogens is 2. The third-order valence-electron chi connectivity index (χ3n) is 2.50. The Bertz CT molecular complexity index is 363. The Morgan fingerprint density at radius 3 is 2.79 bits per heavy atom. The lowest BCUT2D eigenvalue weighted by Gasteiger charge is -2.06. The minimum atomic E-state index is -0.538. The Morgan fingerprint density at radius 1 is 1.21 bits per heavy atom. The molecule has 0 unspecified atom stereocenters. The van der Waals surface area contributed by atoms with Crippen LogP contribution in [-0.2, 0) is 4.74 Å². The highest BCUT2D eigenvalue weighted by Crippen LogP contribution is 2.21. The van der Waals surface area contributed by atoms with Gasteiger partial charge in [0.1, 0.15) is 11.6 Å². The van der Waals surface area contributed by atoms with Gasteiger partial charge in [0, 0.05) is 36.4 Å². The molecule has 0 heterocycles. The van der Waals surface area contributed by atoms with Gasteiger partial charge in [0.05, 0.1) is 6.61 Å². The zero-order valence-electron chi connectivity index (χ0n) is 11.3. The summed E-state index contributed by atoms with van der Waals surface area (Å²) in [6, 6.07) is 3.67. The lowest BCUT2D eigenvalue weighted by molar-refractivity contribution is 0.133. The SMILES string of the molecule is CCCCOCCNCCSc1ccc(F)cc1F. The molecule has 0 spiro atoms. The minimum Gasteiger partial charge on any atom is -0.380 e. The molecule has 1 rings (SSSR count). The van der Waals surface area contributed by atoms with Crippen LogP contribution in [0.5, 0.6) is 0 Å². The molecule has 0 bridgehead atoms. The highest BCUT2D eigenvalue weighted by Gasteiger charge is 2.03. The van der Waals surface area contributed by atoms with E-state index in [1.807, 2.05) is 0 Å². The zero-order valence-corrected chi connectivity index (χ0v) is 12.1. The van der Waals surface area contributed by atoms with Gasteiger partial charge < -0.3 is 10.1 Å². The topological polar surface area (TPSA) is 21.3 Å². The van der Waals surface area contributed by atoms with Crippen LogP contribution in [0.2, 0.25) is 0 Å². The summed E-state index contributed by atoms with van der Waals surface area (Å²) in [5, 5.41) is 3.22. The molecule has 1 N–H and O–H groups in total. The van der Waals surface area contributed by atoms with Gasteiger partial charge >= 0.3 is 0 Å². The first-order valence-electron chi connectivity index (χ1n) is 6.60. The molecule has 1 aromatic rings. The van der Waals surface area contributed by atoms with E-state index in [9.17, 15) is 8.78 Å². The molecule has 0 radical (unpaired) electrons. The molecule has 0 aliphatic heterocycles. The van der Waals surface area contributed by atoms with Crippen molar-refractivity contribution < 1.29 is 13.5 Å². The molecule has 5 heteroatoms. The second kappa shape index (κ2) is 10.2. The highest BCUT2D eigenvalue weighted by molar-refractivity contribution is 7.99. The van der Waals surface area contributed by atoms with E-state index in [1.165, 1.54) is 23.9 Å². The van der Waals surface area contributed by atoms with Gasteiger partial charge in [-0.05, 0) is 18.6 Å². The van der Waals surface area contributed by atoms with E-state index in [4.69, 9.17) is 4.74 Å². The predicted molar refractivity (Wildman–Crippen MR) is 75.7 cm³/mol. The summed E-state index contributed by atoms with van der Waals surface area (Å²) in [6.07, 6.45) is 2.24. The fourth-order valence-electron chi connectivity index (χ4n) is 1.44. The summed E-state index contributed by atoms with van der Waals surface area (Å²) in [7, 11) is 0. The largest absolute Gasteiger partial charge is 0.380 e. The number of hydrogen-bond donors (Lipinski definition) is 1. The van der Waals surface area contributed by atoms with Crippen molar-refractivity contribution in [2.24, 2.45) is 0 Å². The summed E-state index contributed by atoms with van der Waals surface area (Å²) >= 11 is 1.38. The molecule has 0 aliphatic carbocycles. The fraction of sp³-hybridized carbons (Fsp3) is 0.571. The van der Waals surface area contributed by atoms with Crippen molar-refractivity contribution in [1.82, 2.24) is 5.32 Å². The van der Waals surface area contributed by atoms with Crippen molar-refractivity contribution in [3.63, 3.8) is 0 Å². The maximum atomic E-state index is 13.3. The molecule has 2 nitrogen and oxygen atoms in total. The highest BCUT2D eigenvalue weighted by atomic mass is 32.2. The van der Waals surface area contributed by atoms with Crippen LogP contribution in [0.3, 0.4) is 0 Å². The quantitative estimate of drug-likeness (QED) is 0.526. The van der Waals surface area contributed by atoms with Crippen LogP contribution < -0.4 is 5.32 Å². The minimum absolute atomic E-state index is 0.488. The van der Waals surface area contributed by atoms with Gasteiger partial charge in [0.2, 0.25) is 0 Å². The van der Waals surface area contributed by atoms with Gasteiger partial charge in [-0.1, -0.05) is 13.3 Å². The maximum Gasteiger partial charge on any atom is 0.139 e. The molecular formula is C14H21F2NOS. The molecule has 108 valence electrons. The molecule has 0 atom stereocenters. The number of hydrogen-bond acceptors (Lipinski definition) is 3. The van der Waals surface area contributed by atoms with E-state index in [1.54, 1.807) is 0 Å². The Hall–Kier alpha value is -0.650. The Balaban J connectivity index is 2.01. The molecule has 0 fully saturated rings. The van der Waals surface area contributed by atoms with E-state index in [2.05, 4.69) is 12.2 Å². The number of unbranched alkanes of at least 4 members (excludes halogenated alkanes) is 1. The maximum absolute atomic E-state index is 13.3. The Labute approximate surface area is 117 Å². The van der Waals surface area contributed by atoms with Crippen molar-refractivity contribution in [1.29, 1.82) is 0 Å². The van der Waals surface area contributed by atoms with Crippen molar-refractivity contribution in [2.75, 3.05) is 32.1 Å². The van der Waals surface area contributed by atoms with Crippen LogP contribution in [-0.4, -0.2) is 32.1 Å². The van der Waals surface area contributed by atoms with Gasteiger partial charge in [-0.2, -0.15) is 0 Å². The molecule has 0 saturated carbocycles. The smallest absolute Gasteiger partial charge is 0.139 e. The van der Waals surface area contributed by atoms with E-state index in [-0.39, 0.29) is 0 Å². The molecule has 0 saturated heterocycles. The summed E-state index contributed by atoms with van der Waals surface area (Å²) in [5.41, 5.74) is 0. The van der Waals surface area contributed by atoms with Crippen molar-refractivity contribution in [3.8, 4) is 0 Å². The average Bonchev–Trinajstić information content (AvgIpc) is 2.39. The van der Waals surface area contributed by atoms with Gasteiger partial charge in [0.15, 0.2) is 0 Å². The van der Waals surface area contributed by atoms with Gasteiger partial charge in [0.25, 0.3) is 0 Å². The molecule has 0 aromatic heterocycles. The van der Waals surface area contributed by atoms with Crippen LogP contribution in [0, 0.1) is 11.6 Å². The summed E-state index contributed by atoms with van der Waals surface area (Å²) in [5.74, 6) is -0.283. The van der Waals surface area contributed by atoms with Crippen molar-refractivity contribution >= 4 is 11.8 Å². The second-order valence-corrected chi connectivity index (χ2v) is 5.28. The first-order valence-corrected chi connectivity index (χ1v) is 7.59. The van der Waals surface area contributed by atoms with E-state index < -0.39 is 11.6 Å². The molecular weight excluding hydrogens is 268 g/mol. The number of rotatable bonds is 10. The number of thioether (sulfide) groups is 1. The van der Waals surface area contributed by atoms with E-state index in [0.29, 0.717) is 11.5 Å². The average molecular weight is 289 g/mol. The molecule has 0 aliphatic rings. The van der Waals surface area contributed by atoms with Crippen molar-refractivity contribution in [2.45, 2.75) is 24.7 Å². The van der Waals surface area contributed by atoms with Gasteiger partial charge in [-0.3, -0.25) is 0 Å². The van der Waals surface area contributed by atoms with Gasteiger partial charge in [-0.25, -0.2) is 8.78 Å². The Kier molecular flexibility index (Phi) is 8.79. The summed E-state index contributed by atoms with van der Waals surface area (Å²) in [4.78, 5) is 0.488. The normalized spacial score (nSPS) is 10.9. The number of benzene rings is 1. The fourth-order valence-corrected chi connectivity index (χ4v) is 2.27. The van der Waals surface area contributed by atoms with Crippen LogP contribution in [0.15, 0.2) is 23.1 Å². The first kappa shape index (κ1) is 16.4. The standard InChI is InChI=1S/C14H21F2NOS/c1-2-3-8-18-9-6-17-7-10-19-14-5-4-12(15)11-13(14)16/h4-5,11,17H,2-3,6-10H2,1H3. The number of nitrogens with one attached hydrogen (secondary N) is 1. The van der Waals surface area contributed by atoms with Crippen LogP contribution in [0.4, 0.5) is 8.78 Å². The zero-order chi connectivity index (χ0) is 13.9. The van der Waals surface area contributed by atoms with Gasteiger partial charge in [-0.15, -0.1) is 11.8 Å². The van der Waals surface area contributed by atoms with Crippen LogP contribution in [0.1, 0.15) is 19.8 Å². The molecule has 1 aromatic carbocycles. The predicted octanol–water partition coefficient (Wildman–Crippen LogP) is 3.46.